The van der Waals surface area contributed by atoms with Gasteiger partial charge in [0.05, 0.1) is 27.9 Å². The first kappa shape index (κ1) is 48.1. The zero-order valence-corrected chi connectivity index (χ0v) is 42.3. The second-order valence-corrected chi connectivity index (χ2v) is 21.3. The molecular formula is C56H60N10O6S. The number of pyridine rings is 2. The molecule has 4 aliphatic rings. The van der Waals surface area contributed by atoms with Gasteiger partial charge >= 0.3 is 5.97 Å². The van der Waals surface area contributed by atoms with Crippen molar-refractivity contribution in [3.8, 4) is 16.9 Å². The van der Waals surface area contributed by atoms with Crippen LogP contribution in [0, 0.1) is 18.8 Å². The molecule has 3 fully saturated rings. The Morgan fingerprint density at radius 1 is 0.877 bits per heavy atom. The number of aromatic carboxylic acids is 1. The van der Waals surface area contributed by atoms with E-state index in [2.05, 4.69) is 32.3 Å². The molecule has 3 aromatic carbocycles. The van der Waals surface area contributed by atoms with Crippen molar-refractivity contribution < 1.29 is 29.0 Å². The highest BCUT2D eigenvalue weighted by Crippen LogP contribution is 2.39. The molecule has 2 saturated heterocycles. The van der Waals surface area contributed by atoms with Crippen molar-refractivity contribution in [1.82, 2.24) is 34.9 Å². The fourth-order valence-electron chi connectivity index (χ4n) is 11.7. The molecule has 11 rings (SSSR count). The van der Waals surface area contributed by atoms with Gasteiger partial charge in [0, 0.05) is 82.0 Å². The predicted octanol–water partition coefficient (Wildman–Crippen LogP) is 8.77. The third kappa shape index (κ3) is 9.87. The number of aryl methyl sites for hydroxylation is 1. The number of benzene rings is 3. The molecule has 2 unspecified atom stereocenters. The van der Waals surface area contributed by atoms with Gasteiger partial charge in [0.25, 0.3) is 5.91 Å². The van der Waals surface area contributed by atoms with Crippen molar-refractivity contribution in [3.05, 3.63) is 119 Å². The summed E-state index contributed by atoms with van der Waals surface area (Å²) in [5.74, 6) is 1.09. The largest absolute Gasteiger partial charge is 0.490 e. The molecule has 4 aromatic heterocycles. The molecule has 3 amide bonds. The van der Waals surface area contributed by atoms with Gasteiger partial charge in [-0.25, -0.2) is 19.7 Å². The molecule has 7 heterocycles. The summed E-state index contributed by atoms with van der Waals surface area (Å²) in [5, 5.41) is 22.3. The van der Waals surface area contributed by atoms with E-state index in [1.54, 1.807) is 6.20 Å². The Labute approximate surface area is 427 Å². The first-order valence-electron chi connectivity index (χ1n) is 25.6. The van der Waals surface area contributed by atoms with E-state index in [4.69, 9.17) is 19.8 Å². The number of carboxylic acid groups (broad SMARTS) is 1. The SMILES string of the molecule is Cc1c(OC2CCC(CC(C)CN3CCN(c4nccc5c(C6CCC(=O)NC6=O)nn(C)c45)CC3)CC2)cccc1-c1ccc(N2CCc3cccc(C(=O)Nc4nc5ccccc5s4)c3C2)nc1C(=O)O. The summed E-state index contributed by atoms with van der Waals surface area (Å²) >= 11 is 1.44. The molecule has 0 radical (unpaired) electrons. The maximum Gasteiger partial charge on any atom is 0.355 e. The third-order valence-electron chi connectivity index (χ3n) is 15.4. The monoisotopic (exact) mass is 1000 g/mol. The van der Waals surface area contributed by atoms with E-state index in [0.29, 0.717) is 72.0 Å². The number of aromatic nitrogens is 5. The number of fused-ring (bicyclic) bond motifs is 3. The number of nitrogens with zero attached hydrogens (tertiary/aromatic N) is 8. The molecule has 7 aromatic rings. The molecule has 0 bridgehead atoms. The minimum atomic E-state index is -1.11. The normalized spacial score (nSPS) is 20.0. The Hall–Kier alpha value is -7.24. The van der Waals surface area contributed by atoms with Crippen molar-refractivity contribution in [3.63, 3.8) is 0 Å². The van der Waals surface area contributed by atoms with Crippen LogP contribution < -0.4 is 25.2 Å². The van der Waals surface area contributed by atoms with Crippen molar-refractivity contribution in [2.24, 2.45) is 18.9 Å². The average Bonchev–Trinajstić information content (AvgIpc) is 3.97. The van der Waals surface area contributed by atoms with Gasteiger partial charge in [-0.15, -0.1) is 0 Å². The summed E-state index contributed by atoms with van der Waals surface area (Å²) in [5.41, 5.74) is 7.18. The Morgan fingerprint density at radius 3 is 2.48 bits per heavy atom. The molecule has 3 aliphatic heterocycles. The quantitative estimate of drug-likeness (QED) is 0.0932. The highest BCUT2D eigenvalue weighted by molar-refractivity contribution is 7.22. The van der Waals surface area contributed by atoms with E-state index in [9.17, 15) is 24.3 Å². The number of ether oxygens (including phenoxy) is 1. The van der Waals surface area contributed by atoms with E-state index in [-0.39, 0.29) is 29.5 Å². The maximum absolute atomic E-state index is 13.7. The molecule has 3 N–H and O–H groups in total. The van der Waals surface area contributed by atoms with Gasteiger partial charge in [-0.05, 0) is 128 Å². The smallest absolute Gasteiger partial charge is 0.355 e. The summed E-state index contributed by atoms with van der Waals surface area (Å²) in [6.07, 6.45) is 8.67. The fourth-order valence-corrected chi connectivity index (χ4v) is 12.5. The lowest BCUT2D eigenvalue weighted by Crippen LogP contribution is -2.48. The number of nitrogens with one attached hydrogen (secondary N) is 2. The predicted molar refractivity (Wildman–Crippen MR) is 283 cm³/mol. The second kappa shape index (κ2) is 20.3. The molecule has 1 saturated carbocycles. The number of hydrogen-bond donors (Lipinski definition) is 3. The van der Waals surface area contributed by atoms with Gasteiger partial charge in [0.15, 0.2) is 16.6 Å². The summed E-state index contributed by atoms with van der Waals surface area (Å²) in [6.45, 7) is 10.0. The van der Waals surface area contributed by atoms with Crippen LogP contribution in [-0.4, -0.2) is 104 Å². The van der Waals surface area contributed by atoms with Crippen LogP contribution in [0.3, 0.4) is 0 Å². The van der Waals surface area contributed by atoms with E-state index in [0.717, 1.165) is 113 Å². The molecule has 1 aliphatic carbocycles. The third-order valence-corrected chi connectivity index (χ3v) is 16.4. The van der Waals surface area contributed by atoms with Crippen molar-refractivity contribution in [2.75, 3.05) is 54.4 Å². The minimum absolute atomic E-state index is 0.0247. The van der Waals surface area contributed by atoms with Crippen molar-refractivity contribution >= 4 is 72.9 Å². The number of hydrogen-bond acceptors (Lipinski definition) is 13. The van der Waals surface area contributed by atoms with Crippen molar-refractivity contribution in [1.29, 1.82) is 0 Å². The molecule has 2 atom stereocenters. The zero-order valence-electron chi connectivity index (χ0n) is 41.5. The molecule has 0 spiro atoms. The maximum atomic E-state index is 13.7. The lowest BCUT2D eigenvalue weighted by molar-refractivity contribution is -0.134. The van der Waals surface area contributed by atoms with Gasteiger partial charge in [0.1, 0.15) is 17.1 Å². The van der Waals surface area contributed by atoms with E-state index >= 15 is 0 Å². The average molecular weight is 1000 g/mol. The number of carbonyl (C=O) groups is 4. The van der Waals surface area contributed by atoms with Crippen LogP contribution in [0.2, 0.25) is 0 Å². The molecular weight excluding hydrogens is 941 g/mol. The van der Waals surface area contributed by atoms with Crippen LogP contribution in [0.5, 0.6) is 5.75 Å². The van der Waals surface area contributed by atoms with E-state index < -0.39 is 11.9 Å². The van der Waals surface area contributed by atoms with Crippen molar-refractivity contribution in [2.45, 2.75) is 83.8 Å². The van der Waals surface area contributed by atoms with Crippen LogP contribution in [0.4, 0.5) is 16.8 Å². The topological polar surface area (TPSA) is 188 Å². The Balaban J connectivity index is 0.681. The Bertz CT molecular complexity index is 3230. The Morgan fingerprint density at radius 2 is 1.68 bits per heavy atom. The molecule has 17 heteroatoms. The van der Waals surface area contributed by atoms with Crippen LogP contribution in [-0.2, 0) is 29.6 Å². The van der Waals surface area contributed by atoms with Gasteiger partial charge in [-0.2, -0.15) is 5.10 Å². The summed E-state index contributed by atoms with van der Waals surface area (Å²) < 4.78 is 9.55. The fraction of sp³-hybridized carbons (Fsp3) is 0.393. The van der Waals surface area contributed by atoms with Crippen LogP contribution in [0.15, 0.2) is 85.1 Å². The number of anilines is 3. The standard InChI is InChI=1S/C56H60N10O6S/c1-33(31-64-26-28-65(29-27-64)52-51-41(22-24-57-52)49(62-63(51)3)42-19-21-48(67)60-54(42)69)30-35-14-16-37(17-15-35)72-45-12-7-9-38(34(45)2)39-18-20-47(59-50(39)55(70)71)66-25-23-36-8-6-10-40(43(36)32-66)53(68)61-56-58-44-11-4-5-13-46(44)73-56/h4-13,18,20,22,24,33,35,37,42H,14-17,19,21,23,25-32H2,1-3H3,(H,70,71)(H,58,61,68)(H,60,67,69). The van der Waals surface area contributed by atoms with Crippen LogP contribution in [0.1, 0.15) is 101 Å². The van der Waals surface area contributed by atoms with E-state index in [1.807, 2.05) is 102 Å². The molecule has 16 nitrogen and oxygen atoms in total. The molecule has 376 valence electrons. The highest BCUT2D eigenvalue weighted by Gasteiger charge is 2.34. The number of rotatable bonds is 13. The van der Waals surface area contributed by atoms with Gasteiger partial charge in [0.2, 0.25) is 11.8 Å². The summed E-state index contributed by atoms with van der Waals surface area (Å²) in [7, 11) is 1.90. The number of thiazole rings is 1. The van der Waals surface area contributed by atoms with E-state index in [1.165, 1.54) is 17.8 Å². The number of para-hydroxylation sites is 1. The number of piperazine rings is 1. The number of amides is 3. The minimum Gasteiger partial charge on any atom is -0.490 e. The number of piperidine rings is 1. The summed E-state index contributed by atoms with van der Waals surface area (Å²) in [6, 6.07) is 25.1. The van der Waals surface area contributed by atoms with Crippen LogP contribution >= 0.6 is 11.3 Å². The van der Waals surface area contributed by atoms with Gasteiger partial charge in [-0.3, -0.25) is 34.6 Å². The highest BCUT2D eigenvalue weighted by atomic mass is 32.1. The first-order valence-corrected chi connectivity index (χ1v) is 26.4. The lowest BCUT2D eigenvalue weighted by Gasteiger charge is -2.37. The summed E-state index contributed by atoms with van der Waals surface area (Å²) in [4.78, 5) is 72.2. The number of imide groups is 1. The number of carbonyl (C=O) groups excluding carboxylic acids is 3. The zero-order chi connectivity index (χ0) is 50.3. The first-order chi connectivity index (χ1) is 35.4. The second-order valence-electron chi connectivity index (χ2n) is 20.3. The van der Waals surface area contributed by atoms with Gasteiger partial charge < -0.3 is 19.6 Å². The molecule has 73 heavy (non-hydrogen) atoms. The number of carboxylic acids is 1. The lowest BCUT2D eigenvalue weighted by atomic mass is 9.82. The van der Waals surface area contributed by atoms with Crippen LogP contribution in [0.25, 0.3) is 32.2 Å². The Kier molecular flexibility index (Phi) is 13.4. The van der Waals surface area contributed by atoms with Gasteiger partial charge in [-0.1, -0.05) is 54.7 Å².